The second-order valence-corrected chi connectivity index (χ2v) is 47.7. The topological polar surface area (TPSA) is 0 Å². The first-order valence-electron chi connectivity index (χ1n) is 47.6. The molecule has 7 aliphatic carbocycles. The van der Waals surface area contributed by atoms with Gasteiger partial charge in [-0.25, -0.2) is 8.78 Å². The second kappa shape index (κ2) is 52.7. The van der Waals surface area contributed by atoms with Crippen LogP contribution in [0.1, 0.15) is 483 Å². The molecular weight excluding hydrogens is 1610 g/mol. The monoisotopic (exact) mass is 1800 g/mol. The van der Waals surface area contributed by atoms with Crippen molar-refractivity contribution >= 4 is 0 Å². The maximum absolute atomic E-state index is 13.6. The number of hydrogen-bond acceptors (Lipinski definition) is 0. The quantitative estimate of drug-likeness (QED) is 0.191. The number of halogens is 20. The van der Waals surface area contributed by atoms with Gasteiger partial charge in [0, 0.05) is 0 Å². The molecule has 7 aliphatic rings. The van der Waals surface area contributed by atoms with Crippen LogP contribution in [0.4, 0.5) is 87.8 Å². The molecule has 0 radical (unpaired) electrons. The van der Waals surface area contributed by atoms with Crippen LogP contribution in [0.5, 0.6) is 0 Å². The fraction of sp³-hybridized carbons (Fsp3) is 1.00. The van der Waals surface area contributed by atoms with Gasteiger partial charge in [0.15, 0.2) is 16.2 Å². The lowest BCUT2D eigenvalue weighted by Crippen LogP contribution is -2.55. The van der Waals surface area contributed by atoms with E-state index in [0.717, 1.165) is 61.7 Å². The molecule has 744 valence electrons. The predicted molar refractivity (Wildman–Crippen MR) is 485 cm³/mol. The summed E-state index contributed by atoms with van der Waals surface area (Å²) in [6.45, 7) is 90.3. The van der Waals surface area contributed by atoms with Crippen molar-refractivity contribution < 1.29 is 87.8 Å². The van der Waals surface area contributed by atoms with E-state index in [1.165, 1.54) is 77.0 Å². The Morgan fingerprint density at radius 1 is 0.336 bits per heavy atom. The minimum atomic E-state index is -5.20. The smallest absolute Gasteiger partial charge is 0.244 e. The summed E-state index contributed by atoms with van der Waals surface area (Å²) in [5, 5.41) is 0. The second-order valence-electron chi connectivity index (χ2n) is 47.7. The summed E-state index contributed by atoms with van der Waals surface area (Å²) in [6.07, 6.45) is -13.4. The Morgan fingerprint density at radius 3 is 0.787 bits per heavy atom. The fourth-order valence-corrected chi connectivity index (χ4v) is 17.2. The van der Waals surface area contributed by atoms with Crippen LogP contribution in [-0.2, 0) is 0 Å². The molecule has 0 aromatic heterocycles. The molecule has 2 bridgehead atoms. The molecule has 7 fully saturated rings. The van der Waals surface area contributed by atoms with Crippen molar-refractivity contribution in [3.8, 4) is 0 Å². The van der Waals surface area contributed by atoms with Gasteiger partial charge in [-0.1, -0.05) is 334 Å². The predicted octanol–water partition coefficient (Wildman–Crippen LogP) is 41.2. The van der Waals surface area contributed by atoms with Crippen LogP contribution in [0.2, 0.25) is 0 Å². The van der Waals surface area contributed by atoms with E-state index in [9.17, 15) is 87.8 Å². The van der Waals surface area contributed by atoms with E-state index < -0.39 is 103 Å². The molecule has 0 unspecified atom stereocenters. The Hall–Kier alpha value is -1.40. The first-order chi connectivity index (χ1) is 53.8. The lowest BCUT2D eigenvalue weighted by molar-refractivity contribution is -0.364. The van der Waals surface area contributed by atoms with Crippen LogP contribution < -0.4 is 0 Å². The normalized spacial score (nSPS) is 21.8. The van der Waals surface area contributed by atoms with Crippen molar-refractivity contribution in [1.82, 2.24) is 0 Å². The van der Waals surface area contributed by atoms with Crippen LogP contribution in [0.25, 0.3) is 0 Å². The molecular formula is C102H196F20. The Bertz CT molecular complexity index is 2520. The highest BCUT2D eigenvalue weighted by Gasteiger charge is 2.74. The molecule has 0 amide bonds. The summed E-state index contributed by atoms with van der Waals surface area (Å²) in [5.74, 6) is 3.95. The molecule has 0 heterocycles. The summed E-state index contributed by atoms with van der Waals surface area (Å²) in [7, 11) is 0. The van der Waals surface area contributed by atoms with Gasteiger partial charge >= 0.3 is 37.1 Å². The van der Waals surface area contributed by atoms with Gasteiger partial charge in [0.2, 0.25) is 0 Å². The summed E-state index contributed by atoms with van der Waals surface area (Å²) < 4.78 is 255. The standard InChI is InChI=1S/C14H20F6.C10H21F.C10H18.C10H22.2C9H12F6.C9H20.2C7H16.C6H13F.C6H14.C5H12/c1-10-2-4-11(5-3-10)6-8-12(9-7-11,13(15,16)17)14(18,19)20;1-7(2)9(8(3)4)10(5,6)11;1-8-7-9-3-5-10(8,2)6-4-9;1-7-10(6,8-2)9(3,4)5;1-6-2-4-7(5-3-6,8(10,11)12)9(13,14)15;1-6-4-2-3-5-7(6,8(10,11)12)9(13,14)15;1-6-8(7-2)9(3,4)5;1-6(2)7(3,4)5;1-5-6-7(2,3)4;1-4-6(3,7)5-2;1-5-6(2,3)4;1-5(2,3)4/h10H,2-9H2,1H3;7-9H,1-6H3;8-9H,3-7H2,1-2H3;7-8H2,1-6H3;2*6H,2-5H2,1H3;8H,6-7H2,1-5H3;6H,1-5H3;5-6H2,1-4H3;4-5H2,1-3H3;5H2,1-4H3;1-4H3/t;;8-,9?,10?;;;6-;;;;;;/m..0..1....../s1. The van der Waals surface area contributed by atoms with E-state index in [1.807, 2.05) is 13.8 Å². The van der Waals surface area contributed by atoms with Gasteiger partial charge in [0.25, 0.3) is 0 Å². The van der Waals surface area contributed by atoms with E-state index >= 15 is 0 Å². The Balaban J connectivity index is -0.000000307. The largest absolute Gasteiger partial charge is 0.403 e. The van der Waals surface area contributed by atoms with Crippen LogP contribution in [0, 0.1) is 124 Å². The molecule has 1 spiro atoms. The van der Waals surface area contributed by atoms with Crippen molar-refractivity contribution in [2.45, 2.75) is 532 Å². The van der Waals surface area contributed by atoms with Gasteiger partial charge in [-0.15, -0.1) is 0 Å². The summed E-state index contributed by atoms with van der Waals surface area (Å²) in [5.41, 5.74) is -8.33. The molecule has 0 aromatic rings. The summed E-state index contributed by atoms with van der Waals surface area (Å²) in [6, 6.07) is 0. The number of rotatable bonds is 10. The molecule has 0 aromatic carbocycles. The number of hydrogen-bond donors (Lipinski definition) is 0. The SMILES string of the molecule is CC(C)(C)C.CC(C)C(C(C)C)C(C)(C)F.CC(C)C(C)(C)C.CC1CCC(C(F)(F)F)(C(F)(F)F)CC1.CC1CCC2(CC1)CCC(C(F)(F)F)(C(F)(F)F)CC2.CCC(C)(C)C.CCC(C)(CC)C(C)(C)C.CCC(C)(F)CC.CCC(CC)C(C)(C)C.CCCC(C)(C)C.C[C@@H]1CCCCC1(C(F)(F)F)C(F)(F)F.C[C@H]1CC2CCC1(C)CC2. The molecule has 7 saturated carbocycles. The van der Waals surface area contributed by atoms with Crippen molar-refractivity contribution in [3.05, 3.63) is 0 Å². The summed E-state index contributed by atoms with van der Waals surface area (Å²) >= 11 is 0. The van der Waals surface area contributed by atoms with Gasteiger partial charge < -0.3 is 0 Å². The Morgan fingerprint density at radius 2 is 0.648 bits per heavy atom. The third-order valence-electron chi connectivity index (χ3n) is 29.3. The minimum Gasteiger partial charge on any atom is -0.244 e. The van der Waals surface area contributed by atoms with Gasteiger partial charge in [-0.3, -0.25) is 0 Å². The zero-order chi connectivity index (χ0) is 99.0. The highest BCUT2D eigenvalue weighted by Crippen LogP contribution is 2.65. The summed E-state index contributed by atoms with van der Waals surface area (Å²) in [4.78, 5) is 0. The maximum atomic E-state index is 13.6. The molecule has 20 heteroatoms. The van der Waals surface area contributed by atoms with E-state index in [2.05, 4.69) is 242 Å². The molecule has 122 heavy (non-hydrogen) atoms. The van der Waals surface area contributed by atoms with Crippen molar-refractivity contribution in [2.75, 3.05) is 0 Å². The third kappa shape index (κ3) is 48.1. The third-order valence-corrected chi connectivity index (χ3v) is 29.3. The van der Waals surface area contributed by atoms with Crippen molar-refractivity contribution in [2.24, 2.45) is 124 Å². The average molecular weight is 1800 g/mol. The highest BCUT2D eigenvalue weighted by atomic mass is 19.4. The number of alkyl halides is 20. The number of fused-ring (bicyclic) bond motifs is 3. The zero-order valence-corrected chi connectivity index (χ0v) is 86.5. The van der Waals surface area contributed by atoms with Gasteiger partial charge in [-0.2, -0.15) is 79.0 Å². The molecule has 0 nitrogen and oxygen atoms in total. The van der Waals surface area contributed by atoms with Gasteiger partial charge in [0.1, 0.15) is 11.3 Å². The molecule has 0 N–H and O–H groups in total. The van der Waals surface area contributed by atoms with E-state index in [-0.39, 0.29) is 55.8 Å². The van der Waals surface area contributed by atoms with Crippen LogP contribution in [0.3, 0.4) is 0 Å². The fourth-order valence-electron chi connectivity index (χ4n) is 17.2. The van der Waals surface area contributed by atoms with Crippen LogP contribution >= 0.6 is 0 Å². The molecule has 0 aliphatic heterocycles. The van der Waals surface area contributed by atoms with Gasteiger partial charge in [-0.05, 0) is 257 Å². The maximum Gasteiger partial charge on any atom is 0.403 e. The lowest BCUT2D eigenvalue weighted by atomic mass is 9.57. The lowest BCUT2D eigenvalue weighted by Gasteiger charge is -2.49. The molecule has 7 rings (SSSR count). The van der Waals surface area contributed by atoms with Crippen LogP contribution in [-0.4, -0.2) is 48.4 Å². The Labute approximate surface area is 740 Å². The minimum absolute atomic E-state index is 0.0106. The van der Waals surface area contributed by atoms with Gasteiger partial charge in [0.05, 0.1) is 0 Å². The van der Waals surface area contributed by atoms with E-state index in [0.29, 0.717) is 74.9 Å². The van der Waals surface area contributed by atoms with Crippen molar-refractivity contribution in [3.63, 3.8) is 0 Å². The average Bonchev–Trinajstić information content (AvgIpc) is 0.743. The first kappa shape index (κ1) is 131. The van der Waals surface area contributed by atoms with E-state index in [1.54, 1.807) is 27.7 Å². The van der Waals surface area contributed by atoms with Crippen LogP contribution in [0.15, 0.2) is 0 Å². The zero-order valence-electron chi connectivity index (χ0n) is 86.5. The van der Waals surface area contributed by atoms with E-state index in [4.69, 9.17) is 0 Å². The first-order valence-corrected chi connectivity index (χ1v) is 47.6. The van der Waals surface area contributed by atoms with Crippen molar-refractivity contribution in [1.29, 1.82) is 0 Å². The molecule has 0 saturated heterocycles. The Kier molecular flexibility index (Phi) is 56.8. The highest BCUT2D eigenvalue weighted by molar-refractivity contribution is 5.03. The molecule has 2 atom stereocenters.